The molecule has 0 saturated carbocycles. The summed E-state index contributed by atoms with van der Waals surface area (Å²) in [6.45, 7) is 0.340. The van der Waals surface area contributed by atoms with Crippen LogP contribution in [0.3, 0.4) is 0 Å². The van der Waals surface area contributed by atoms with Gasteiger partial charge < -0.3 is 15.8 Å². The molecule has 0 bridgehead atoms. The number of para-hydroxylation sites is 1. The van der Waals surface area contributed by atoms with Crippen LogP contribution >= 0.6 is 0 Å². The zero-order valence-electron chi connectivity index (χ0n) is 11.6. The van der Waals surface area contributed by atoms with Crippen LogP contribution in [0.4, 0.5) is 11.8 Å². The highest BCUT2D eigenvalue weighted by atomic mass is 16.5. The maximum absolute atomic E-state index is 5.71. The predicted molar refractivity (Wildman–Crippen MR) is 82.1 cm³/mol. The van der Waals surface area contributed by atoms with Crippen LogP contribution in [-0.4, -0.2) is 22.0 Å². The number of ether oxygens (including phenoxy) is 1. The first-order valence-electron chi connectivity index (χ1n) is 6.54. The Morgan fingerprint density at radius 2 is 2.00 bits per heavy atom. The van der Waals surface area contributed by atoms with Crippen LogP contribution in [0.25, 0.3) is 10.9 Å². The molecule has 21 heavy (non-hydrogen) atoms. The van der Waals surface area contributed by atoms with Gasteiger partial charge >= 0.3 is 0 Å². The molecule has 0 fully saturated rings. The van der Waals surface area contributed by atoms with Gasteiger partial charge in [0.05, 0.1) is 17.4 Å². The normalized spacial score (nSPS) is 10.5. The molecule has 6 nitrogen and oxygen atoms in total. The number of nitrogens with one attached hydrogen (secondary N) is 1. The van der Waals surface area contributed by atoms with E-state index in [2.05, 4.69) is 20.3 Å². The van der Waals surface area contributed by atoms with Crippen molar-refractivity contribution in [3.63, 3.8) is 0 Å². The van der Waals surface area contributed by atoms with E-state index in [-0.39, 0.29) is 5.95 Å². The SMILES string of the molecule is CNc1nc(N)ncc1OCc1ccc2ccccc2n1. The average Bonchev–Trinajstić information content (AvgIpc) is 2.53. The summed E-state index contributed by atoms with van der Waals surface area (Å²) in [6.07, 6.45) is 1.55. The fourth-order valence-electron chi connectivity index (χ4n) is 2.01. The monoisotopic (exact) mass is 281 g/mol. The minimum absolute atomic E-state index is 0.204. The van der Waals surface area contributed by atoms with Crippen molar-refractivity contribution in [3.05, 3.63) is 48.3 Å². The molecule has 0 aliphatic heterocycles. The lowest BCUT2D eigenvalue weighted by molar-refractivity contribution is 0.301. The number of nitrogen functional groups attached to an aromatic ring is 1. The van der Waals surface area contributed by atoms with Crippen molar-refractivity contribution in [1.82, 2.24) is 15.0 Å². The fraction of sp³-hybridized carbons (Fsp3) is 0.133. The number of rotatable bonds is 4. The molecular formula is C15H15N5O. The minimum atomic E-state index is 0.204. The number of aromatic nitrogens is 3. The lowest BCUT2D eigenvalue weighted by Gasteiger charge is -2.10. The van der Waals surface area contributed by atoms with Crippen LogP contribution in [-0.2, 0) is 6.61 Å². The largest absolute Gasteiger partial charge is 0.482 e. The van der Waals surface area contributed by atoms with Gasteiger partial charge in [0.2, 0.25) is 5.95 Å². The molecule has 3 N–H and O–H groups in total. The second-order valence-corrected chi connectivity index (χ2v) is 4.48. The first-order chi connectivity index (χ1) is 10.3. The van der Waals surface area contributed by atoms with E-state index in [0.717, 1.165) is 16.6 Å². The highest BCUT2D eigenvalue weighted by Crippen LogP contribution is 2.22. The van der Waals surface area contributed by atoms with Gasteiger partial charge in [0.1, 0.15) is 6.61 Å². The Balaban J connectivity index is 1.80. The fourth-order valence-corrected chi connectivity index (χ4v) is 2.01. The molecule has 0 aliphatic rings. The molecule has 0 amide bonds. The standard InChI is InChI=1S/C15H15N5O/c1-17-14-13(8-18-15(16)20-14)21-9-11-7-6-10-4-2-3-5-12(10)19-11/h2-8H,9H2,1H3,(H3,16,17,18,20). The molecule has 2 heterocycles. The van der Waals surface area contributed by atoms with E-state index in [0.29, 0.717) is 18.2 Å². The van der Waals surface area contributed by atoms with Gasteiger partial charge in [0.25, 0.3) is 0 Å². The third-order valence-corrected chi connectivity index (χ3v) is 3.04. The van der Waals surface area contributed by atoms with E-state index >= 15 is 0 Å². The summed E-state index contributed by atoms with van der Waals surface area (Å²) in [6, 6.07) is 11.9. The molecular weight excluding hydrogens is 266 g/mol. The summed E-state index contributed by atoms with van der Waals surface area (Å²) in [5.74, 6) is 1.31. The Labute approximate surface area is 122 Å². The molecule has 0 unspecified atom stereocenters. The molecule has 6 heteroatoms. The first-order valence-corrected chi connectivity index (χ1v) is 6.54. The number of fused-ring (bicyclic) bond motifs is 1. The number of pyridine rings is 1. The highest BCUT2D eigenvalue weighted by Gasteiger charge is 2.06. The van der Waals surface area contributed by atoms with Crippen LogP contribution < -0.4 is 15.8 Å². The zero-order valence-corrected chi connectivity index (χ0v) is 11.6. The molecule has 0 saturated heterocycles. The van der Waals surface area contributed by atoms with Gasteiger partial charge in [-0.25, -0.2) is 9.97 Å². The second kappa shape index (κ2) is 5.62. The molecule has 0 atom stereocenters. The maximum Gasteiger partial charge on any atom is 0.222 e. The predicted octanol–water partition coefficient (Wildman–Crippen LogP) is 2.23. The van der Waals surface area contributed by atoms with Crippen molar-refractivity contribution in [3.8, 4) is 5.75 Å². The van der Waals surface area contributed by atoms with Crippen LogP contribution in [0.5, 0.6) is 5.75 Å². The lowest BCUT2D eigenvalue weighted by Crippen LogP contribution is -2.05. The van der Waals surface area contributed by atoms with E-state index < -0.39 is 0 Å². The number of nitrogens with zero attached hydrogens (tertiary/aromatic N) is 3. The van der Waals surface area contributed by atoms with Crippen molar-refractivity contribution >= 4 is 22.7 Å². The van der Waals surface area contributed by atoms with E-state index in [1.165, 1.54) is 0 Å². The summed E-state index contributed by atoms with van der Waals surface area (Å²) in [5.41, 5.74) is 7.33. The van der Waals surface area contributed by atoms with E-state index in [9.17, 15) is 0 Å². The number of anilines is 2. The van der Waals surface area contributed by atoms with Crippen molar-refractivity contribution in [2.45, 2.75) is 6.61 Å². The van der Waals surface area contributed by atoms with Gasteiger partial charge in [-0.1, -0.05) is 24.3 Å². The Morgan fingerprint density at radius 3 is 2.86 bits per heavy atom. The van der Waals surface area contributed by atoms with Gasteiger partial charge in [-0.15, -0.1) is 0 Å². The number of hydrogen-bond acceptors (Lipinski definition) is 6. The Hall–Kier alpha value is -2.89. The maximum atomic E-state index is 5.71. The summed E-state index contributed by atoms with van der Waals surface area (Å²) in [5, 5.41) is 4.03. The van der Waals surface area contributed by atoms with Crippen LogP contribution in [0.2, 0.25) is 0 Å². The Morgan fingerprint density at radius 1 is 1.14 bits per heavy atom. The van der Waals surface area contributed by atoms with Crippen molar-refractivity contribution in [2.75, 3.05) is 18.1 Å². The molecule has 3 aromatic rings. The smallest absolute Gasteiger partial charge is 0.222 e. The van der Waals surface area contributed by atoms with Gasteiger partial charge in [-0.2, -0.15) is 4.98 Å². The second-order valence-electron chi connectivity index (χ2n) is 4.48. The molecule has 0 radical (unpaired) electrons. The summed E-state index contributed by atoms with van der Waals surface area (Å²) >= 11 is 0. The third kappa shape index (κ3) is 2.84. The number of benzene rings is 1. The van der Waals surface area contributed by atoms with Crippen molar-refractivity contribution < 1.29 is 4.74 Å². The molecule has 0 spiro atoms. The third-order valence-electron chi connectivity index (χ3n) is 3.04. The highest BCUT2D eigenvalue weighted by molar-refractivity contribution is 5.78. The summed E-state index contributed by atoms with van der Waals surface area (Å²) < 4.78 is 5.71. The van der Waals surface area contributed by atoms with Gasteiger partial charge in [-0.05, 0) is 12.1 Å². The van der Waals surface area contributed by atoms with E-state index in [4.69, 9.17) is 10.5 Å². The molecule has 3 rings (SSSR count). The molecule has 1 aromatic carbocycles. The molecule has 2 aromatic heterocycles. The average molecular weight is 281 g/mol. The van der Waals surface area contributed by atoms with Crippen molar-refractivity contribution in [2.24, 2.45) is 0 Å². The Kier molecular flexibility index (Phi) is 3.51. The minimum Gasteiger partial charge on any atom is -0.482 e. The quantitative estimate of drug-likeness (QED) is 0.762. The van der Waals surface area contributed by atoms with Crippen LogP contribution in [0.1, 0.15) is 5.69 Å². The lowest BCUT2D eigenvalue weighted by atomic mass is 10.2. The van der Waals surface area contributed by atoms with E-state index in [1.807, 2.05) is 36.4 Å². The topological polar surface area (TPSA) is 86.0 Å². The molecule has 0 aliphatic carbocycles. The van der Waals surface area contributed by atoms with E-state index in [1.54, 1.807) is 13.2 Å². The zero-order chi connectivity index (χ0) is 14.7. The first kappa shape index (κ1) is 13.1. The van der Waals surface area contributed by atoms with Gasteiger partial charge in [-0.3, -0.25) is 0 Å². The van der Waals surface area contributed by atoms with Gasteiger partial charge in [0.15, 0.2) is 11.6 Å². The number of hydrogen-bond donors (Lipinski definition) is 2. The van der Waals surface area contributed by atoms with Gasteiger partial charge in [0, 0.05) is 12.4 Å². The van der Waals surface area contributed by atoms with Crippen LogP contribution in [0.15, 0.2) is 42.6 Å². The van der Waals surface area contributed by atoms with Crippen molar-refractivity contribution in [1.29, 1.82) is 0 Å². The van der Waals surface area contributed by atoms with Crippen LogP contribution in [0, 0.1) is 0 Å². The summed E-state index contributed by atoms with van der Waals surface area (Å²) in [7, 11) is 1.75. The number of nitrogens with two attached hydrogens (primary N) is 1. The molecule has 106 valence electrons. The Bertz CT molecular complexity index is 775. The summed E-state index contributed by atoms with van der Waals surface area (Å²) in [4.78, 5) is 12.5.